The van der Waals surface area contributed by atoms with E-state index in [-0.39, 0.29) is 0 Å². The Kier molecular flexibility index (Phi) is 2.13. The molecule has 0 heterocycles. The molecule has 0 aliphatic heterocycles. The fraction of sp³-hybridized carbons (Fsp3) is 0. The van der Waals surface area contributed by atoms with Crippen molar-refractivity contribution in [2.24, 2.45) is 0 Å². The number of hydrogen-bond acceptors (Lipinski definition) is 0. The Morgan fingerprint density at radius 1 is 0.526 bits per heavy atom. The molecular formula is C19H13. The van der Waals surface area contributed by atoms with Crippen molar-refractivity contribution >= 4 is 32.3 Å². The molecule has 0 amide bonds. The zero-order valence-electron chi connectivity index (χ0n) is 10.6. The number of rotatable bonds is 0. The van der Waals surface area contributed by atoms with Gasteiger partial charge in [-0.1, -0.05) is 42.5 Å². The van der Waals surface area contributed by atoms with Crippen molar-refractivity contribution in [1.82, 2.24) is 0 Å². The predicted octanol–water partition coefficient (Wildman–Crippen LogP) is 5.33. The third-order valence-electron chi connectivity index (χ3n) is 3.79. The van der Waals surface area contributed by atoms with Crippen LogP contribution < -0.4 is 0 Å². The highest BCUT2D eigenvalue weighted by atomic mass is 14.1. The van der Waals surface area contributed by atoms with Crippen molar-refractivity contribution in [3.05, 3.63) is 79.2 Å². The summed E-state index contributed by atoms with van der Waals surface area (Å²) in [6.07, 6.45) is 0. The van der Waals surface area contributed by atoms with Gasteiger partial charge in [-0.25, -0.2) is 0 Å². The summed E-state index contributed by atoms with van der Waals surface area (Å²) in [6.45, 7) is 4.12. The highest BCUT2D eigenvalue weighted by Crippen LogP contribution is 2.28. The van der Waals surface area contributed by atoms with E-state index < -0.39 is 0 Å². The molecule has 0 spiro atoms. The second kappa shape index (κ2) is 3.83. The minimum atomic E-state index is 1.09. The summed E-state index contributed by atoms with van der Waals surface area (Å²) in [5.41, 5.74) is 1.09. The summed E-state index contributed by atoms with van der Waals surface area (Å²) < 4.78 is 0. The van der Waals surface area contributed by atoms with Gasteiger partial charge in [0, 0.05) is 0 Å². The topological polar surface area (TPSA) is 0 Å². The van der Waals surface area contributed by atoms with Gasteiger partial charge in [0.25, 0.3) is 0 Å². The molecule has 0 fully saturated rings. The van der Waals surface area contributed by atoms with Crippen LogP contribution >= 0.6 is 0 Å². The molecule has 19 heavy (non-hydrogen) atoms. The Bertz CT molecular complexity index is 917. The first-order chi connectivity index (χ1) is 9.31. The first kappa shape index (κ1) is 10.6. The fourth-order valence-electron chi connectivity index (χ4n) is 2.78. The third kappa shape index (κ3) is 1.61. The lowest BCUT2D eigenvalue weighted by molar-refractivity contribution is 1.70. The zero-order chi connectivity index (χ0) is 12.8. The highest BCUT2D eigenvalue weighted by Gasteiger charge is 2.02. The van der Waals surface area contributed by atoms with Crippen molar-refractivity contribution in [3.63, 3.8) is 0 Å². The molecule has 0 heteroatoms. The van der Waals surface area contributed by atoms with Gasteiger partial charge in [-0.15, -0.1) is 0 Å². The van der Waals surface area contributed by atoms with E-state index in [1.54, 1.807) is 0 Å². The molecule has 89 valence electrons. The van der Waals surface area contributed by atoms with Crippen LogP contribution in [0.2, 0.25) is 0 Å². The molecule has 4 rings (SSSR count). The van der Waals surface area contributed by atoms with Crippen molar-refractivity contribution in [3.8, 4) is 0 Å². The molecule has 0 aliphatic rings. The smallest absolute Gasteiger partial charge is 0.0145 e. The summed E-state index contributed by atoms with van der Waals surface area (Å²) in [4.78, 5) is 0. The lowest BCUT2D eigenvalue weighted by Crippen LogP contribution is -1.81. The molecule has 4 aromatic carbocycles. The average Bonchev–Trinajstić information content (AvgIpc) is 2.44. The van der Waals surface area contributed by atoms with Gasteiger partial charge in [0.2, 0.25) is 0 Å². The quantitative estimate of drug-likeness (QED) is 0.365. The summed E-state index contributed by atoms with van der Waals surface area (Å²) >= 11 is 0. The fourth-order valence-corrected chi connectivity index (χ4v) is 2.78. The first-order valence-electron chi connectivity index (χ1n) is 6.48. The van der Waals surface area contributed by atoms with Gasteiger partial charge >= 0.3 is 0 Å². The van der Waals surface area contributed by atoms with E-state index in [1.165, 1.54) is 32.3 Å². The van der Waals surface area contributed by atoms with E-state index >= 15 is 0 Å². The summed E-state index contributed by atoms with van der Waals surface area (Å²) in [6, 6.07) is 23.8. The van der Waals surface area contributed by atoms with E-state index in [2.05, 4.69) is 73.7 Å². The molecular weight excluding hydrogens is 228 g/mol. The second-order valence-corrected chi connectivity index (χ2v) is 5.04. The van der Waals surface area contributed by atoms with Crippen LogP contribution in [-0.4, -0.2) is 0 Å². The van der Waals surface area contributed by atoms with Crippen LogP contribution in [0.3, 0.4) is 0 Å². The SMILES string of the molecule is [CH2]c1cccc2cc3cc4ccccc4cc3cc12. The van der Waals surface area contributed by atoms with Gasteiger partial charge < -0.3 is 0 Å². The van der Waals surface area contributed by atoms with Crippen LogP contribution in [0.15, 0.2) is 66.7 Å². The van der Waals surface area contributed by atoms with E-state index in [9.17, 15) is 0 Å². The van der Waals surface area contributed by atoms with Crippen LogP contribution in [0.1, 0.15) is 5.56 Å². The highest BCUT2D eigenvalue weighted by molar-refractivity contribution is 6.05. The van der Waals surface area contributed by atoms with E-state index in [0.29, 0.717) is 0 Å². The molecule has 0 atom stereocenters. The van der Waals surface area contributed by atoms with Crippen molar-refractivity contribution in [2.45, 2.75) is 0 Å². The summed E-state index contributed by atoms with van der Waals surface area (Å²) in [5, 5.41) is 7.65. The van der Waals surface area contributed by atoms with Gasteiger partial charge in [-0.05, 0) is 69.1 Å². The maximum absolute atomic E-state index is 4.12. The largest absolute Gasteiger partial charge is 0.0616 e. The van der Waals surface area contributed by atoms with Crippen molar-refractivity contribution < 1.29 is 0 Å². The Morgan fingerprint density at radius 2 is 1.11 bits per heavy atom. The minimum Gasteiger partial charge on any atom is -0.0616 e. The van der Waals surface area contributed by atoms with Crippen LogP contribution in [0.5, 0.6) is 0 Å². The lowest BCUT2D eigenvalue weighted by Gasteiger charge is -2.06. The molecule has 0 aromatic heterocycles. The lowest BCUT2D eigenvalue weighted by atomic mass is 9.98. The van der Waals surface area contributed by atoms with Crippen LogP contribution in [0.25, 0.3) is 32.3 Å². The maximum Gasteiger partial charge on any atom is -0.0145 e. The van der Waals surface area contributed by atoms with Crippen LogP contribution in [0.4, 0.5) is 0 Å². The third-order valence-corrected chi connectivity index (χ3v) is 3.79. The standard InChI is InChI=1S/C19H13/c1-13-5-4-8-16-11-17-9-14-6-2-3-7-15(14)10-18(17)12-19(13)16/h2-12H,1H2. The Morgan fingerprint density at radius 3 is 1.84 bits per heavy atom. The molecule has 0 nitrogen and oxygen atoms in total. The van der Waals surface area contributed by atoms with Gasteiger partial charge in [0.1, 0.15) is 0 Å². The van der Waals surface area contributed by atoms with Crippen molar-refractivity contribution in [1.29, 1.82) is 0 Å². The monoisotopic (exact) mass is 241 g/mol. The molecule has 0 bridgehead atoms. The van der Waals surface area contributed by atoms with E-state index in [1.807, 2.05) is 0 Å². The van der Waals surface area contributed by atoms with Gasteiger partial charge in [0.05, 0.1) is 0 Å². The number of fused-ring (bicyclic) bond motifs is 3. The summed E-state index contributed by atoms with van der Waals surface area (Å²) in [7, 11) is 0. The van der Waals surface area contributed by atoms with Gasteiger partial charge in [-0.3, -0.25) is 0 Å². The Balaban J connectivity index is 2.20. The maximum atomic E-state index is 4.12. The molecule has 1 radical (unpaired) electrons. The molecule has 4 aromatic rings. The van der Waals surface area contributed by atoms with Crippen LogP contribution in [-0.2, 0) is 0 Å². The normalized spacial score (nSPS) is 11.4. The van der Waals surface area contributed by atoms with Crippen LogP contribution in [0, 0.1) is 6.92 Å². The zero-order valence-corrected chi connectivity index (χ0v) is 10.6. The van der Waals surface area contributed by atoms with E-state index in [0.717, 1.165) is 5.56 Å². The predicted molar refractivity (Wildman–Crippen MR) is 83.4 cm³/mol. The average molecular weight is 241 g/mol. The molecule has 0 aliphatic carbocycles. The first-order valence-corrected chi connectivity index (χ1v) is 6.48. The van der Waals surface area contributed by atoms with E-state index in [4.69, 9.17) is 0 Å². The molecule has 0 unspecified atom stereocenters. The number of benzene rings is 4. The van der Waals surface area contributed by atoms with Gasteiger partial charge in [0.15, 0.2) is 0 Å². The molecule has 0 saturated carbocycles. The van der Waals surface area contributed by atoms with Gasteiger partial charge in [-0.2, -0.15) is 0 Å². The second-order valence-electron chi connectivity index (χ2n) is 5.04. The molecule has 0 saturated heterocycles. The van der Waals surface area contributed by atoms with Crippen molar-refractivity contribution in [2.75, 3.05) is 0 Å². The number of hydrogen-bond donors (Lipinski definition) is 0. The Hall–Kier alpha value is -2.34. The minimum absolute atomic E-state index is 1.09. The molecule has 0 N–H and O–H groups in total. The Labute approximate surface area is 112 Å². The summed E-state index contributed by atoms with van der Waals surface area (Å²) in [5.74, 6) is 0.